The fourth-order valence-corrected chi connectivity index (χ4v) is 2.75. The molecule has 144 valence electrons. The summed E-state index contributed by atoms with van der Waals surface area (Å²) in [5.74, 6) is -1.36. The van der Waals surface area contributed by atoms with E-state index in [1.54, 1.807) is 36.4 Å². The molecule has 3 aromatic carbocycles. The van der Waals surface area contributed by atoms with Crippen LogP contribution in [-0.2, 0) is 6.61 Å². The molecule has 0 radical (unpaired) electrons. The molecular weight excluding hydrogens is 365 g/mol. The molecule has 0 heterocycles. The van der Waals surface area contributed by atoms with Gasteiger partial charge in [-0.05, 0) is 36.8 Å². The Morgan fingerprint density at radius 3 is 2.21 bits per heavy atom. The predicted octanol–water partition coefficient (Wildman–Crippen LogP) is 6.39. The molecule has 0 atom stereocenters. The molecule has 0 bridgehead atoms. The molecule has 0 spiro atoms. The second-order valence-corrected chi connectivity index (χ2v) is 6.03. The number of rotatable bonds is 7. The van der Waals surface area contributed by atoms with Crippen LogP contribution in [0.5, 0.6) is 11.5 Å². The molecule has 0 unspecified atom stereocenters. The first-order valence-electron chi connectivity index (χ1n) is 8.78. The smallest absolute Gasteiger partial charge is 0.166 e. The molecule has 3 rings (SSSR count). The van der Waals surface area contributed by atoms with Crippen molar-refractivity contribution in [1.82, 2.24) is 0 Å². The van der Waals surface area contributed by atoms with Crippen LogP contribution in [0.3, 0.4) is 0 Å². The topological polar surface area (TPSA) is 18.5 Å². The minimum Gasteiger partial charge on any atom is -0.494 e. The van der Waals surface area contributed by atoms with Gasteiger partial charge in [0.25, 0.3) is 0 Å². The molecule has 0 aliphatic rings. The standard InChI is InChI=1S/C23H19F3O2/c1-3-15-5-6-17(23(26)22(15)25)14-28-18-9-7-16(8-10-18)20-12-11-19(27-4-2)13-21(20)24/h3,5-13H,1,4,14H2,2H3. The van der Waals surface area contributed by atoms with Crippen molar-refractivity contribution in [2.45, 2.75) is 13.5 Å². The van der Waals surface area contributed by atoms with Gasteiger partial charge in [0.1, 0.15) is 23.9 Å². The molecule has 0 saturated heterocycles. The second kappa shape index (κ2) is 8.65. The predicted molar refractivity (Wildman–Crippen MR) is 104 cm³/mol. The second-order valence-electron chi connectivity index (χ2n) is 6.03. The first-order valence-corrected chi connectivity index (χ1v) is 8.78. The summed E-state index contributed by atoms with van der Waals surface area (Å²) >= 11 is 0. The number of benzene rings is 3. The highest BCUT2D eigenvalue weighted by atomic mass is 19.2. The quantitative estimate of drug-likeness (QED) is 0.470. The van der Waals surface area contributed by atoms with Crippen LogP contribution < -0.4 is 9.47 Å². The van der Waals surface area contributed by atoms with Gasteiger partial charge >= 0.3 is 0 Å². The van der Waals surface area contributed by atoms with Gasteiger partial charge in [0.15, 0.2) is 11.6 Å². The van der Waals surface area contributed by atoms with E-state index in [1.165, 1.54) is 24.3 Å². The average molecular weight is 384 g/mol. The third-order valence-corrected chi connectivity index (χ3v) is 4.22. The average Bonchev–Trinajstić information content (AvgIpc) is 2.70. The molecule has 0 N–H and O–H groups in total. The van der Waals surface area contributed by atoms with Crippen LogP contribution in [0.2, 0.25) is 0 Å². The van der Waals surface area contributed by atoms with Crippen LogP contribution in [-0.4, -0.2) is 6.61 Å². The number of ether oxygens (including phenoxy) is 2. The van der Waals surface area contributed by atoms with Crippen LogP contribution in [0.25, 0.3) is 17.2 Å². The highest BCUT2D eigenvalue weighted by Crippen LogP contribution is 2.28. The van der Waals surface area contributed by atoms with Crippen LogP contribution in [0, 0.1) is 17.5 Å². The van der Waals surface area contributed by atoms with Crippen LogP contribution in [0.4, 0.5) is 13.2 Å². The Balaban J connectivity index is 1.72. The maximum Gasteiger partial charge on any atom is 0.166 e. The van der Waals surface area contributed by atoms with Crippen LogP contribution >= 0.6 is 0 Å². The molecule has 2 nitrogen and oxygen atoms in total. The maximum atomic E-state index is 14.3. The minimum atomic E-state index is -0.953. The highest BCUT2D eigenvalue weighted by Gasteiger charge is 2.12. The number of halogens is 3. The zero-order valence-electron chi connectivity index (χ0n) is 15.3. The molecule has 0 aromatic heterocycles. The normalized spacial score (nSPS) is 10.6. The number of hydrogen-bond acceptors (Lipinski definition) is 2. The van der Waals surface area contributed by atoms with Gasteiger partial charge < -0.3 is 9.47 Å². The molecule has 5 heteroatoms. The van der Waals surface area contributed by atoms with E-state index in [0.717, 1.165) is 0 Å². The van der Waals surface area contributed by atoms with Gasteiger partial charge in [0, 0.05) is 22.8 Å². The van der Waals surface area contributed by atoms with Crippen molar-refractivity contribution in [3.05, 3.63) is 89.8 Å². The van der Waals surface area contributed by atoms with Gasteiger partial charge in [-0.3, -0.25) is 0 Å². The van der Waals surface area contributed by atoms with E-state index in [2.05, 4.69) is 6.58 Å². The van der Waals surface area contributed by atoms with Gasteiger partial charge in [-0.1, -0.05) is 36.9 Å². The molecule has 0 aliphatic carbocycles. The van der Waals surface area contributed by atoms with Gasteiger partial charge in [-0.2, -0.15) is 0 Å². The van der Waals surface area contributed by atoms with E-state index in [0.29, 0.717) is 29.2 Å². The Kier molecular flexibility index (Phi) is 6.04. The summed E-state index contributed by atoms with van der Waals surface area (Å²) < 4.78 is 52.9. The monoisotopic (exact) mass is 384 g/mol. The molecular formula is C23H19F3O2. The van der Waals surface area contributed by atoms with Crippen molar-refractivity contribution in [2.75, 3.05) is 6.61 Å². The first-order chi connectivity index (χ1) is 13.5. The van der Waals surface area contributed by atoms with Crippen LogP contribution in [0.1, 0.15) is 18.1 Å². The first kappa shape index (κ1) is 19.5. The van der Waals surface area contributed by atoms with E-state index in [4.69, 9.17) is 9.47 Å². The van der Waals surface area contributed by atoms with Crippen molar-refractivity contribution in [1.29, 1.82) is 0 Å². The summed E-state index contributed by atoms with van der Waals surface area (Å²) in [6.07, 6.45) is 1.25. The lowest BCUT2D eigenvalue weighted by molar-refractivity contribution is 0.297. The van der Waals surface area contributed by atoms with Crippen molar-refractivity contribution in [2.24, 2.45) is 0 Å². The van der Waals surface area contributed by atoms with Gasteiger partial charge in [0.2, 0.25) is 0 Å². The summed E-state index contributed by atoms with van der Waals surface area (Å²) in [5, 5.41) is 0. The largest absolute Gasteiger partial charge is 0.494 e. The van der Waals surface area contributed by atoms with E-state index >= 15 is 0 Å². The summed E-state index contributed by atoms with van der Waals surface area (Å²) in [6, 6.07) is 14.3. The molecule has 0 fully saturated rings. The van der Waals surface area contributed by atoms with E-state index in [-0.39, 0.29) is 23.6 Å². The van der Waals surface area contributed by atoms with E-state index in [1.807, 2.05) is 6.92 Å². The molecule has 0 saturated carbocycles. The summed E-state index contributed by atoms with van der Waals surface area (Å²) in [6.45, 7) is 5.61. The lowest BCUT2D eigenvalue weighted by Crippen LogP contribution is -2.02. The Labute approximate surface area is 161 Å². The molecule has 28 heavy (non-hydrogen) atoms. The van der Waals surface area contributed by atoms with E-state index < -0.39 is 11.6 Å². The Morgan fingerprint density at radius 1 is 0.857 bits per heavy atom. The summed E-state index contributed by atoms with van der Waals surface area (Å²) in [7, 11) is 0. The Bertz CT molecular complexity index is 982. The van der Waals surface area contributed by atoms with Gasteiger partial charge in [-0.25, -0.2) is 13.2 Å². The van der Waals surface area contributed by atoms with Crippen LogP contribution in [0.15, 0.2) is 61.2 Å². The maximum absolute atomic E-state index is 14.3. The SMILES string of the molecule is C=Cc1ccc(COc2ccc(-c3ccc(OCC)cc3F)cc2)c(F)c1F. The van der Waals surface area contributed by atoms with Crippen molar-refractivity contribution in [3.8, 4) is 22.6 Å². The summed E-state index contributed by atoms with van der Waals surface area (Å²) in [4.78, 5) is 0. The van der Waals surface area contributed by atoms with Gasteiger partial charge in [-0.15, -0.1) is 0 Å². The summed E-state index contributed by atoms with van der Waals surface area (Å²) in [5.41, 5.74) is 1.30. The fraction of sp³-hybridized carbons (Fsp3) is 0.130. The minimum absolute atomic E-state index is 0.1000. The van der Waals surface area contributed by atoms with Crippen molar-refractivity contribution in [3.63, 3.8) is 0 Å². The Hall–Kier alpha value is -3.21. The third kappa shape index (κ3) is 4.19. The molecule has 0 aliphatic heterocycles. The highest BCUT2D eigenvalue weighted by molar-refractivity contribution is 5.65. The zero-order valence-corrected chi connectivity index (χ0v) is 15.3. The van der Waals surface area contributed by atoms with Crippen molar-refractivity contribution < 1.29 is 22.6 Å². The van der Waals surface area contributed by atoms with Crippen molar-refractivity contribution >= 4 is 6.08 Å². The van der Waals surface area contributed by atoms with Gasteiger partial charge in [0.05, 0.1) is 6.61 Å². The Morgan fingerprint density at radius 2 is 1.57 bits per heavy atom. The lowest BCUT2D eigenvalue weighted by atomic mass is 10.0. The number of hydrogen-bond donors (Lipinski definition) is 0. The lowest BCUT2D eigenvalue weighted by Gasteiger charge is -2.10. The zero-order chi connectivity index (χ0) is 20.1. The third-order valence-electron chi connectivity index (χ3n) is 4.22. The molecule has 3 aromatic rings. The van der Waals surface area contributed by atoms with E-state index in [9.17, 15) is 13.2 Å². The fourth-order valence-electron chi connectivity index (χ4n) is 2.75. The molecule has 0 amide bonds.